The molecule has 2 amide bonds. The standard InChI is InChI=1S/C20H18ClF3N4O3/c1-26(10-17(29)25-12-7-8-14(21)13(9-12)20(22,23)24)18(30)11-28-16-6-4-3-5-15(16)27(2)19(28)31/h3-9H,10-11H2,1-2H3,(H,25,29). The summed E-state index contributed by atoms with van der Waals surface area (Å²) in [5.41, 5.74) is -0.334. The van der Waals surface area contributed by atoms with Crippen LogP contribution in [0.15, 0.2) is 47.3 Å². The van der Waals surface area contributed by atoms with Gasteiger partial charge in [0, 0.05) is 19.8 Å². The Morgan fingerprint density at radius 3 is 2.42 bits per heavy atom. The van der Waals surface area contributed by atoms with Crippen LogP contribution >= 0.6 is 11.6 Å². The van der Waals surface area contributed by atoms with Crippen LogP contribution in [0.4, 0.5) is 18.9 Å². The number of halogens is 4. The maximum atomic E-state index is 13.0. The van der Waals surface area contributed by atoms with Crippen LogP contribution in [0.3, 0.4) is 0 Å². The number of para-hydroxylation sites is 2. The van der Waals surface area contributed by atoms with E-state index in [1.54, 1.807) is 31.3 Å². The SMILES string of the molecule is CN(CC(=O)Nc1ccc(Cl)c(C(F)(F)F)c1)C(=O)Cn1c(=O)n(C)c2ccccc21. The van der Waals surface area contributed by atoms with Gasteiger partial charge in [0.2, 0.25) is 11.8 Å². The number of hydrogen-bond donors (Lipinski definition) is 1. The van der Waals surface area contributed by atoms with Gasteiger partial charge in [-0.25, -0.2) is 4.79 Å². The molecule has 1 heterocycles. The van der Waals surface area contributed by atoms with Crippen LogP contribution in [0.1, 0.15) is 5.56 Å². The van der Waals surface area contributed by atoms with Gasteiger partial charge in [-0.3, -0.25) is 18.7 Å². The summed E-state index contributed by atoms with van der Waals surface area (Å²) < 4.78 is 41.6. The molecule has 3 aromatic rings. The van der Waals surface area contributed by atoms with Gasteiger partial charge in [-0.15, -0.1) is 0 Å². The minimum Gasteiger partial charge on any atom is -0.335 e. The summed E-state index contributed by atoms with van der Waals surface area (Å²) in [6, 6.07) is 9.94. The lowest BCUT2D eigenvalue weighted by atomic mass is 10.2. The third kappa shape index (κ3) is 4.74. The van der Waals surface area contributed by atoms with E-state index in [0.717, 1.165) is 17.0 Å². The number of carbonyl (C=O) groups excluding carboxylic acids is 2. The quantitative estimate of drug-likeness (QED) is 0.643. The molecule has 0 fully saturated rings. The van der Waals surface area contributed by atoms with E-state index in [9.17, 15) is 27.6 Å². The number of carbonyl (C=O) groups is 2. The second-order valence-electron chi connectivity index (χ2n) is 6.91. The number of fused-ring (bicyclic) bond motifs is 1. The van der Waals surface area contributed by atoms with E-state index in [4.69, 9.17) is 11.6 Å². The Kier molecular flexibility index (Phi) is 6.12. The van der Waals surface area contributed by atoms with E-state index in [-0.39, 0.29) is 17.9 Å². The Morgan fingerprint density at radius 1 is 1.13 bits per heavy atom. The van der Waals surface area contributed by atoms with Crippen molar-refractivity contribution in [2.24, 2.45) is 7.05 Å². The molecule has 1 aromatic heterocycles. The molecule has 0 aliphatic carbocycles. The molecule has 0 atom stereocenters. The van der Waals surface area contributed by atoms with Crippen molar-refractivity contribution in [2.45, 2.75) is 12.7 Å². The molecule has 0 radical (unpaired) electrons. The molecule has 0 bridgehead atoms. The largest absolute Gasteiger partial charge is 0.417 e. The molecular weight excluding hydrogens is 437 g/mol. The zero-order valence-corrected chi connectivity index (χ0v) is 17.3. The van der Waals surface area contributed by atoms with E-state index >= 15 is 0 Å². The lowest BCUT2D eigenvalue weighted by Crippen LogP contribution is -2.38. The molecule has 1 N–H and O–H groups in total. The number of alkyl halides is 3. The Morgan fingerprint density at radius 2 is 1.77 bits per heavy atom. The molecule has 0 aliphatic heterocycles. The summed E-state index contributed by atoms with van der Waals surface area (Å²) in [4.78, 5) is 38.3. The summed E-state index contributed by atoms with van der Waals surface area (Å²) in [6.07, 6.45) is -4.67. The number of hydrogen-bond acceptors (Lipinski definition) is 3. The smallest absolute Gasteiger partial charge is 0.335 e. The third-order valence-electron chi connectivity index (χ3n) is 4.71. The summed E-state index contributed by atoms with van der Waals surface area (Å²) in [6.45, 7) is -0.703. The van der Waals surface area contributed by atoms with Crippen LogP contribution in [0.2, 0.25) is 5.02 Å². The fourth-order valence-electron chi connectivity index (χ4n) is 3.10. The Balaban J connectivity index is 1.69. The number of likely N-dealkylation sites (N-methyl/N-ethyl adjacent to an activating group) is 1. The normalized spacial score (nSPS) is 11.5. The van der Waals surface area contributed by atoms with Crippen LogP contribution in [0, 0.1) is 0 Å². The Bertz CT molecular complexity index is 1220. The molecular formula is C20H18ClF3N4O3. The summed E-state index contributed by atoms with van der Waals surface area (Å²) >= 11 is 5.56. The van der Waals surface area contributed by atoms with Crippen molar-refractivity contribution in [3.63, 3.8) is 0 Å². The highest BCUT2D eigenvalue weighted by Crippen LogP contribution is 2.36. The first kappa shape index (κ1) is 22.4. The maximum absolute atomic E-state index is 13.0. The maximum Gasteiger partial charge on any atom is 0.417 e. The van der Waals surface area contributed by atoms with Crippen molar-refractivity contribution in [3.8, 4) is 0 Å². The average Bonchev–Trinajstić information content (AvgIpc) is 2.93. The average molecular weight is 455 g/mol. The van der Waals surface area contributed by atoms with Crippen LogP contribution in [0.5, 0.6) is 0 Å². The molecule has 2 aromatic carbocycles. The van der Waals surface area contributed by atoms with Gasteiger partial charge in [0.1, 0.15) is 6.54 Å². The van der Waals surface area contributed by atoms with Gasteiger partial charge in [-0.05, 0) is 30.3 Å². The molecule has 11 heteroatoms. The molecule has 164 valence electrons. The van der Waals surface area contributed by atoms with E-state index in [1.807, 2.05) is 0 Å². The van der Waals surface area contributed by atoms with Gasteiger partial charge in [-0.1, -0.05) is 23.7 Å². The molecule has 3 rings (SSSR count). The minimum atomic E-state index is -4.67. The van der Waals surface area contributed by atoms with Crippen molar-refractivity contribution in [1.82, 2.24) is 14.0 Å². The van der Waals surface area contributed by atoms with Crippen LogP contribution in [0.25, 0.3) is 11.0 Å². The van der Waals surface area contributed by atoms with Gasteiger partial charge < -0.3 is 10.2 Å². The number of nitrogens with zero attached hydrogens (tertiary/aromatic N) is 3. The molecule has 0 unspecified atom stereocenters. The lowest BCUT2D eigenvalue weighted by Gasteiger charge is -2.18. The second-order valence-corrected chi connectivity index (χ2v) is 7.31. The van der Waals surface area contributed by atoms with Crippen LogP contribution < -0.4 is 11.0 Å². The number of anilines is 1. The summed E-state index contributed by atoms with van der Waals surface area (Å²) in [5.74, 6) is -1.21. The van der Waals surface area contributed by atoms with Gasteiger partial charge in [0.25, 0.3) is 0 Å². The molecule has 31 heavy (non-hydrogen) atoms. The van der Waals surface area contributed by atoms with Crippen LogP contribution in [-0.2, 0) is 29.4 Å². The van der Waals surface area contributed by atoms with E-state index in [2.05, 4.69) is 5.32 Å². The minimum absolute atomic E-state index is 0.104. The lowest BCUT2D eigenvalue weighted by molar-refractivity contribution is -0.137. The molecule has 0 spiro atoms. The van der Waals surface area contributed by atoms with Gasteiger partial charge >= 0.3 is 11.9 Å². The number of amides is 2. The predicted molar refractivity (Wildman–Crippen MR) is 110 cm³/mol. The zero-order valence-electron chi connectivity index (χ0n) is 16.5. The van der Waals surface area contributed by atoms with Crippen molar-refractivity contribution >= 4 is 40.1 Å². The Hall–Kier alpha value is -3.27. The topological polar surface area (TPSA) is 76.3 Å². The highest BCUT2D eigenvalue weighted by molar-refractivity contribution is 6.31. The molecule has 7 nitrogen and oxygen atoms in total. The second kappa shape index (κ2) is 8.46. The fourth-order valence-corrected chi connectivity index (χ4v) is 3.32. The number of nitrogens with one attached hydrogen (secondary N) is 1. The van der Waals surface area contributed by atoms with E-state index in [0.29, 0.717) is 11.0 Å². The number of aryl methyl sites for hydroxylation is 1. The van der Waals surface area contributed by atoms with Gasteiger partial charge in [0.15, 0.2) is 0 Å². The van der Waals surface area contributed by atoms with Crippen molar-refractivity contribution in [2.75, 3.05) is 18.9 Å². The third-order valence-corrected chi connectivity index (χ3v) is 5.04. The first-order chi connectivity index (χ1) is 14.5. The molecule has 0 aliphatic rings. The van der Waals surface area contributed by atoms with Crippen molar-refractivity contribution in [3.05, 3.63) is 63.5 Å². The zero-order chi connectivity index (χ0) is 22.9. The fraction of sp³-hybridized carbons (Fsp3) is 0.250. The Labute approximate surface area is 179 Å². The van der Waals surface area contributed by atoms with E-state index < -0.39 is 35.1 Å². The van der Waals surface area contributed by atoms with Gasteiger partial charge in [-0.2, -0.15) is 13.2 Å². The van der Waals surface area contributed by atoms with Crippen molar-refractivity contribution < 1.29 is 22.8 Å². The number of rotatable bonds is 5. The number of benzene rings is 2. The predicted octanol–water partition coefficient (Wildman–Crippen LogP) is 3.11. The highest BCUT2D eigenvalue weighted by Gasteiger charge is 2.33. The summed E-state index contributed by atoms with van der Waals surface area (Å²) in [5, 5.41) is 1.82. The number of aromatic nitrogens is 2. The molecule has 0 saturated carbocycles. The number of imidazole rings is 1. The van der Waals surface area contributed by atoms with Gasteiger partial charge in [0.05, 0.1) is 28.2 Å². The highest BCUT2D eigenvalue weighted by atomic mass is 35.5. The summed E-state index contributed by atoms with van der Waals surface area (Å²) in [7, 11) is 2.95. The van der Waals surface area contributed by atoms with Crippen molar-refractivity contribution in [1.29, 1.82) is 0 Å². The first-order valence-electron chi connectivity index (χ1n) is 9.04. The molecule has 0 saturated heterocycles. The van der Waals surface area contributed by atoms with Crippen LogP contribution in [-0.4, -0.2) is 39.4 Å². The van der Waals surface area contributed by atoms with E-state index in [1.165, 1.54) is 22.2 Å². The first-order valence-corrected chi connectivity index (χ1v) is 9.41. The monoisotopic (exact) mass is 454 g/mol.